The maximum atomic E-state index is 5.99. The van der Waals surface area contributed by atoms with Crippen molar-refractivity contribution in [3.8, 4) is 0 Å². The molecule has 0 bridgehead atoms. The van der Waals surface area contributed by atoms with Gasteiger partial charge in [0, 0.05) is 5.69 Å². The summed E-state index contributed by atoms with van der Waals surface area (Å²) < 4.78 is 0. The van der Waals surface area contributed by atoms with Crippen LogP contribution in [0.2, 0.25) is 0 Å². The minimum Gasteiger partial charge on any atom is -0.370 e. The van der Waals surface area contributed by atoms with E-state index in [9.17, 15) is 0 Å². The summed E-state index contributed by atoms with van der Waals surface area (Å²) in [7, 11) is 0. The van der Waals surface area contributed by atoms with Crippen LogP contribution in [0.15, 0.2) is 71.7 Å². The standard InChI is InChI=1S/C19H19N3/c1-14-6-4-10-17(12-14)22-19(20)21-13-16-9-5-8-15-7-2-3-11-18(15)16/h2-12H,13H2,1H3,(H3,20,21,22). The van der Waals surface area contributed by atoms with E-state index >= 15 is 0 Å². The van der Waals surface area contributed by atoms with Gasteiger partial charge >= 0.3 is 0 Å². The fourth-order valence-electron chi connectivity index (χ4n) is 2.51. The number of aliphatic imine (C=N–C) groups is 1. The topological polar surface area (TPSA) is 50.4 Å². The highest BCUT2D eigenvalue weighted by Crippen LogP contribution is 2.19. The first-order valence-corrected chi connectivity index (χ1v) is 7.32. The second-order valence-corrected chi connectivity index (χ2v) is 5.33. The van der Waals surface area contributed by atoms with Gasteiger partial charge in [0.15, 0.2) is 5.96 Å². The summed E-state index contributed by atoms with van der Waals surface area (Å²) in [6.07, 6.45) is 0. The Morgan fingerprint density at radius 1 is 1.00 bits per heavy atom. The molecule has 3 aromatic carbocycles. The molecule has 0 fully saturated rings. The second-order valence-electron chi connectivity index (χ2n) is 5.33. The molecule has 0 heterocycles. The third-order valence-electron chi connectivity index (χ3n) is 3.59. The Balaban J connectivity index is 1.77. The first-order valence-electron chi connectivity index (χ1n) is 7.32. The van der Waals surface area contributed by atoms with Crippen LogP contribution >= 0.6 is 0 Å². The SMILES string of the molecule is Cc1cccc(NC(N)=NCc2cccc3ccccc23)c1. The Hall–Kier alpha value is -2.81. The maximum absolute atomic E-state index is 5.99. The number of nitrogens with one attached hydrogen (secondary N) is 1. The number of nitrogens with two attached hydrogens (primary N) is 1. The molecule has 3 aromatic rings. The minimum absolute atomic E-state index is 0.429. The van der Waals surface area contributed by atoms with Crippen molar-refractivity contribution in [3.05, 3.63) is 77.9 Å². The van der Waals surface area contributed by atoms with Gasteiger partial charge in [-0.3, -0.25) is 0 Å². The number of nitrogens with zero attached hydrogens (tertiary/aromatic N) is 1. The number of aryl methyl sites for hydroxylation is 1. The number of anilines is 1. The highest BCUT2D eigenvalue weighted by atomic mass is 15.1. The number of hydrogen-bond acceptors (Lipinski definition) is 1. The Bertz CT molecular complexity index is 816. The van der Waals surface area contributed by atoms with E-state index in [1.807, 2.05) is 30.3 Å². The summed E-state index contributed by atoms with van der Waals surface area (Å²) >= 11 is 0. The van der Waals surface area contributed by atoms with Gasteiger partial charge in [-0.25, -0.2) is 4.99 Å². The lowest BCUT2D eigenvalue weighted by Crippen LogP contribution is -2.22. The molecule has 0 atom stereocenters. The van der Waals surface area contributed by atoms with Crippen molar-refractivity contribution in [2.24, 2.45) is 10.7 Å². The smallest absolute Gasteiger partial charge is 0.193 e. The van der Waals surface area contributed by atoms with E-state index in [-0.39, 0.29) is 0 Å². The van der Waals surface area contributed by atoms with Gasteiger partial charge in [0.1, 0.15) is 0 Å². The van der Waals surface area contributed by atoms with Crippen molar-refractivity contribution in [3.63, 3.8) is 0 Å². The zero-order valence-electron chi connectivity index (χ0n) is 12.6. The molecule has 0 radical (unpaired) electrons. The predicted molar refractivity (Wildman–Crippen MR) is 94.1 cm³/mol. The summed E-state index contributed by atoms with van der Waals surface area (Å²) in [5, 5.41) is 5.57. The number of guanidine groups is 1. The van der Waals surface area contributed by atoms with Gasteiger partial charge in [-0.05, 0) is 41.0 Å². The van der Waals surface area contributed by atoms with E-state index in [0.717, 1.165) is 5.69 Å². The van der Waals surface area contributed by atoms with E-state index in [4.69, 9.17) is 5.73 Å². The lowest BCUT2D eigenvalue weighted by Gasteiger charge is -2.07. The fourth-order valence-corrected chi connectivity index (χ4v) is 2.51. The van der Waals surface area contributed by atoms with E-state index < -0.39 is 0 Å². The lowest BCUT2D eigenvalue weighted by molar-refractivity contribution is 1.07. The third kappa shape index (κ3) is 3.26. The molecule has 3 heteroatoms. The average Bonchev–Trinajstić information content (AvgIpc) is 2.53. The molecule has 0 unspecified atom stereocenters. The molecular weight excluding hydrogens is 270 g/mol. The van der Waals surface area contributed by atoms with Crippen LogP contribution in [-0.2, 0) is 6.54 Å². The second kappa shape index (κ2) is 6.31. The lowest BCUT2D eigenvalue weighted by atomic mass is 10.1. The van der Waals surface area contributed by atoms with Crippen LogP contribution in [0.1, 0.15) is 11.1 Å². The largest absolute Gasteiger partial charge is 0.370 e. The van der Waals surface area contributed by atoms with Crippen molar-refractivity contribution in [2.75, 3.05) is 5.32 Å². The van der Waals surface area contributed by atoms with Gasteiger partial charge in [0.2, 0.25) is 0 Å². The highest BCUT2D eigenvalue weighted by Gasteiger charge is 2.00. The van der Waals surface area contributed by atoms with Crippen molar-refractivity contribution < 1.29 is 0 Å². The van der Waals surface area contributed by atoms with Gasteiger partial charge < -0.3 is 11.1 Å². The van der Waals surface area contributed by atoms with Crippen LogP contribution in [0.25, 0.3) is 10.8 Å². The summed E-state index contributed by atoms with van der Waals surface area (Å²) in [6, 6.07) is 22.6. The van der Waals surface area contributed by atoms with Gasteiger partial charge in [0.25, 0.3) is 0 Å². The molecule has 0 saturated heterocycles. The minimum atomic E-state index is 0.429. The Morgan fingerprint density at radius 3 is 2.64 bits per heavy atom. The van der Waals surface area contributed by atoms with Gasteiger partial charge in [-0.1, -0.05) is 54.6 Å². The molecule has 0 saturated carbocycles. The van der Waals surface area contributed by atoms with Gasteiger partial charge in [-0.15, -0.1) is 0 Å². The molecular formula is C19H19N3. The van der Waals surface area contributed by atoms with Crippen LogP contribution in [0.5, 0.6) is 0 Å². The fraction of sp³-hybridized carbons (Fsp3) is 0.105. The normalized spacial score (nSPS) is 11.6. The van der Waals surface area contributed by atoms with Crippen LogP contribution < -0.4 is 11.1 Å². The van der Waals surface area contributed by atoms with Crippen molar-refractivity contribution in [1.82, 2.24) is 0 Å². The molecule has 0 aliphatic rings. The number of fused-ring (bicyclic) bond motifs is 1. The van der Waals surface area contributed by atoms with Crippen LogP contribution in [0.3, 0.4) is 0 Å². The van der Waals surface area contributed by atoms with E-state index in [1.54, 1.807) is 0 Å². The number of hydrogen-bond donors (Lipinski definition) is 2. The molecule has 3 nitrogen and oxygen atoms in total. The molecule has 0 aliphatic heterocycles. The zero-order chi connectivity index (χ0) is 15.4. The average molecular weight is 289 g/mol. The van der Waals surface area contributed by atoms with Crippen molar-refractivity contribution in [2.45, 2.75) is 13.5 Å². The van der Waals surface area contributed by atoms with Crippen molar-refractivity contribution in [1.29, 1.82) is 0 Å². The molecule has 0 aromatic heterocycles. The third-order valence-corrected chi connectivity index (χ3v) is 3.59. The quantitative estimate of drug-likeness (QED) is 0.564. The van der Waals surface area contributed by atoms with E-state index in [2.05, 4.69) is 53.6 Å². The Morgan fingerprint density at radius 2 is 1.77 bits per heavy atom. The van der Waals surface area contributed by atoms with Crippen molar-refractivity contribution >= 4 is 22.4 Å². The van der Waals surface area contributed by atoms with Gasteiger partial charge in [0.05, 0.1) is 6.54 Å². The Kier molecular flexibility index (Phi) is 4.05. The highest BCUT2D eigenvalue weighted by molar-refractivity contribution is 5.92. The van der Waals surface area contributed by atoms with E-state index in [0.29, 0.717) is 12.5 Å². The molecule has 110 valence electrons. The summed E-state index contributed by atoms with van der Waals surface area (Å²) in [6.45, 7) is 2.61. The molecule has 3 N–H and O–H groups in total. The molecule has 0 spiro atoms. The zero-order valence-corrected chi connectivity index (χ0v) is 12.6. The molecule has 0 amide bonds. The van der Waals surface area contributed by atoms with Crippen LogP contribution in [-0.4, -0.2) is 5.96 Å². The summed E-state index contributed by atoms with van der Waals surface area (Å²) in [5.74, 6) is 0.429. The van der Waals surface area contributed by atoms with Gasteiger partial charge in [-0.2, -0.15) is 0 Å². The summed E-state index contributed by atoms with van der Waals surface area (Å²) in [5.41, 5.74) is 9.30. The van der Waals surface area contributed by atoms with Crippen LogP contribution in [0, 0.1) is 6.92 Å². The first kappa shape index (κ1) is 14.1. The Labute approximate surface area is 130 Å². The monoisotopic (exact) mass is 289 g/mol. The molecule has 22 heavy (non-hydrogen) atoms. The number of rotatable bonds is 3. The molecule has 3 rings (SSSR count). The summed E-state index contributed by atoms with van der Waals surface area (Å²) in [4.78, 5) is 4.45. The first-order chi connectivity index (χ1) is 10.7. The number of benzene rings is 3. The van der Waals surface area contributed by atoms with Crippen LogP contribution in [0.4, 0.5) is 5.69 Å². The van der Waals surface area contributed by atoms with E-state index in [1.165, 1.54) is 21.9 Å². The maximum Gasteiger partial charge on any atom is 0.193 e. The predicted octanol–water partition coefficient (Wildman–Crippen LogP) is 4.08. The molecule has 0 aliphatic carbocycles.